The van der Waals surface area contributed by atoms with Gasteiger partial charge in [-0.1, -0.05) is 48.5 Å². The van der Waals surface area contributed by atoms with Crippen LogP contribution in [0.25, 0.3) is 22.7 Å². The molecule has 0 bridgehead atoms. The fourth-order valence-corrected chi connectivity index (χ4v) is 2.13. The van der Waals surface area contributed by atoms with E-state index >= 15 is 0 Å². The summed E-state index contributed by atoms with van der Waals surface area (Å²) in [4.78, 5) is 7.37. The third-order valence-electron chi connectivity index (χ3n) is 3.23. The molecule has 0 saturated carbocycles. The van der Waals surface area contributed by atoms with Gasteiger partial charge in [0.15, 0.2) is 5.82 Å². The number of allylic oxidation sites excluding steroid dienone is 2. The predicted molar refractivity (Wildman–Crippen MR) is 86.7 cm³/mol. The minimum Gasteiger partial charge on any atom is -0.506 e. The van der Waals surface area contributed by atoms with Crippen molar-refractivity contribution in [2.24, 2.45) is 0 Å². The van der Waals surface area contributed by atoms with Crippen molar-refractivity contribution in [3.05, 3.63) is 77.8 Å². The van der Waals surface area contributed by atoms with Gasteiger partial charge in [-0.25, -0.2) is 4.98 Å². The molecule has 0 saturated heterocycles. The number of imidazole rings is 1. The SMILES string of the molecule is N#C/C(=C(O)\C=C\c1ccccc1)c1nc2ccccc2[nH]1. The Hall–Kier alpha value is -3.32. The van der Waals surface area contributed by atoms with Gasteiger partial charge in [-0.15, -0.1) is 0 Å². The van der Waals surface area contributed by atoms with Gasteiger partial charge in [0.2, 0.25) is 0 Å². The summed E-state index contributed by atoms with van der Waals surface area (Å²) in [5.41, 5.74) is 2.63. The summed E-state index contributed by atoms with van der Waals surface area (Å²) < 4.78 is 0. The fraction of sp³-hybridized carbons (Fsp3) is 0. The maximum absolute atomic E-state index is 10.2. The van der Waals surface area contributed by atoms with E-state index in [0.29, 0.717) is 5.82 Å². The highest BCUT2D eigenvalue weighted by atomic mass is 16.3. The van der Waals surface area contributed by atoms with Gasteiger partial charge in [-0.2, -0.15) is 5.26 Å². The van der Waals surface area contributed by atoms with Gasteiger partial charge < -0.3 is 10.1 Å². The van der Waals surface area contributed by atoms with Crippen LogP contribution in [0.4, 0.5) is 0 Å². The van der Waals surface area contributed by atoms with Gasteiger partial charge in [-0.3, -0.25) is 0 Å². The number of hydrogen-bond donors (Lipinski definition) is 2. The Kier molecular flexibility index (Phi) is 3.71. The maximum Gasteiger partial charge on any atom is 0.152 e. The number of aromatic nitrogens is 2. The zero-order valence-corrected chi connectivity index (χ0v) is 11.7. The first-order chi connectivity index (χ1) is 10.8. The lowest BCUT2D eigenvalue weighted by atomic mass is 10.1. The van der Waals surface area contributed by atoms with Gasteiger partial charge in [0.25, 0.3) is 0 Å². The van der Waals surface area contributed by atoms with E-state index in [1.54, 1.807) is 6.08 Å². The van der Waals surface area contributed by atoms with Crippen LogP contribution in [-0.2, 0) is 0 Å². The molecule has 106 valence electrons. The molecule has 3 aromatic rings. The van der Waals surface area contributed by atoms with Crippen LogP contribution in [0.3, 0.4) is 0 Å². The van der Waals surface area contributed by atoms with Crippen molar-refractivity contribution in [2.75, 3.05) is 0 Å². The number of aliphatic hydroxyl groups is 1. The van der Waals surface area contributed by atoms with Gasteiger partial charge >= 0.3 is 0 Å². The first-order valence-corrected chi connectivity index (χ1v) is 6.79. The van der Waals surface area contributed by atoms with Gasteiger partial charge in [0.1, 0.15) is 17.4 Å². The predicted octanol–water partition coefficient (Wildman–Crippen LogP) is 4.07. The van der Waals surface area contributed by atoms with Crippen LogP contribution < -0.4 is 0 Å². The third kappa shape index (κ3) is 2.74. The van der Waals surface area contributed by atoms with Crippen LogP contribution >= 0.6 is 0 Å². The molecule has 4 nitrogen and oxygen atoms in total. The highest BCUT2D eigenvalue weighted by molar-refractivity contribution is 5.83. The van der Waals surface area contributed by atoms with Crippen molar-refractivity contribution in [2.45, 2.75) is 0 Å². The minimum absolute atomic E-state index is 0.114. The lowest BCUT2D eigenvalue weighted by molar-refractivity contribution is 0.436. The lowest BCUT2D eigenvalue weighted by Gasteiger charge is -1.97. The highest BCUT2D eigenvalue weighted by Crippen LogP contribution is 2.19. The third-order valence-corrected chi connectivity index (χ3v) is 3.23. The van der Waals surface area contributed by atoms with E-state index in [9.17, 15) is 10.4 Å². The number of H-pyrrole nitrogens is 1. The molecule has 4 heteroatoms. The summed E-state index contributed by atoms with van der Waals surface area (Å²) in [6.45, 7) is 0. The van der Waals surface area contributed by atoms with Crippen LogP contribution in [0.5, 0.6) is 0 Å². The molecule has 0 aliphatic rings. The van der Waals surface area contributed by atoms with Crippen molar-refractivity contribution in [1.82, 2.24) is 9.97 Å². The summed E-state index contributed by atoms with van der Waals surface area (Å²) >= 11 is 0. The molecule has 0 atom stereocenters. The quantitative estimate of drug-likeness (QED) is 0.433. The number of benzene rings is 2. The summed E-state index contributed by atoms with van der Waals surface area (Å²) in [6.07, 6.45) is 3.25. The summed E-state index contributed by atoms with van der Waals surface area (Å²) in [6, 6.07) is 19.0. The van der Waals surface area contributed by atoms with E-state index in [1.165, 1.54) is 6.08 Å². The summed E-state index contributed by atoms with van der Waals surface area (Å²) in [7, 11) is 0. The number of nitrogens with one attached hydrogen (secondary N) is 1. The molecule has 0 radical (unpaired) electrons. The van der Waals surface area contributed by atoms with E-state index in [0.717, 1.165) is 16.6 Å². The van der Waals surface area contributed by atoms with E-state index < -0.39 is 0 Å². The molecule has 0 aliphatic heterocycles. The van der Waals surface area contributed by atoms with E-state index in [2.05, 4.69) is 9.97 Å². The van der Waals surface area contributed by atoms with Crippen molar-refractivity contribution in [1.29, 1.82) is 5.26 Å². The van der Waals surface area contributed by atoms with Crippen LogP contribution in [0, 0.1) is 11.3 Å². The Morgan fingerprint density at radius 3 is 2.55 bits per heavy atom. The van der Waals surface area contributed by atoms with Crippen molar-refractivity contribution < 1.29 is 5.11 Å². The second kappa shape index (κ2) is 5.98. The Morgan fingerprint density at radius 1 is 1.09 bits per heavy atom. The second-order valence-corrected chi connectivity index (χ2v) is 4.72. The number of fused-ring (bicyclic) bond motifs is 1. The molecule has 0 unspecified atom stereocenters. The number of aromatic amines is 1. The second-order valence-electron chi connectivity index (χ2n) is 4.72. The molecule has 0 fully saturated rings. The number of rotatable bonds is 3. The van der Waals surface area contributed by atoms with Crippen LogP contribution in [0.2, 0.25) is 0 Å². The summed E-state index contributed by atoms with van der Waals surface area (Å²) in [5.74, 6) is 0.240. The number of nitriles is 1. The first-order valence-electron chi connectivity index (χ1n) is 6.79. The number of para-hydroxylation sites is 2. The Morgan fingerprint density at radius 2 is 1.82 bits per heavy atom. The molecule has 0 aliphatic carbocycles. The number of hydrogen-bond acceptors (Lipinski definition) is 3. The molecule has 2 N–H and O–H groups in total. The van der Waals surface area contributed by atoms with Crippen LogP contribution in [0.15, 0.2) is 66.4 Å². The average Bonchev–Trinajstić information content (AvgIpc) is 2.98. The Balaban J connectivity index is 1.98. The van der Waals surface area contributed by atoms with E-state index in [4.69, 9.17) is 0 Å². The van der Waals surface area contributed by atoms with E-state index in [1.807, 2.05) is 60.7 Å². The number of nitrogens with zero attached hydrogens (tertiary/aromatic N) is 2. The molecule has 1 heterocycles. The van der Waals surface area contributed by atoms with Gasteiger partial charge in [0.05, 0.1) is 11.0 Å². The maximum atomic E-state index is 10.2. The van der Waals surface area contributed by atoms with Crippen molar-refractivity contribution in [3.63, 3.8) is 0 Å². The molecule has 0 spiro atoms. The van der Waals surface area contributed by atoms with Gasteiger partial charge in [-0.05, 0) is 23.8 Å². The molecular formula is C18H13N3O. The molecule has 3 rings (SSSR count). The fourth-order valence-electron chi connectivity index (χ4n) is 2.13. The monoisotopic (exact) mass is 287 g/mol. The molecule has 0 amide bonds. The van der Waals surface area contributed by atoms with Crippen LogP contribution in [0.1, 0.15) is 11.4 Å². The molecular weight excluding hydrogens is 274 g/mol. The Bertz CT molecular complexity index is 866. The standard InChI is InChI=1S/C18H13N3O/c19-12-14(17(22)11-10-13-6-2-1-3-7-13)18-20-15-8-4-5-9-16(15)21-18/h1-11,22H,(H,20,21)/b11-10+,17-14-. The molecule has 2 aromatic carbocycles. The zero-order chi connectivity index (χ0) is 15.4. The Labute approximate surface area is 127 Å². The molecule has 1 aromatic heterocycles. The average molecular weight is 287 g/mol. The van der Waals surface area contributed by atoms with Crippen molar-refractivity contribution >= 4 is 22.7 Å². The van der Waals surface area contributed by atoms with E-state index in [-0.39, 0.29) is 11.3 Å². The normalized spacial score (nSPS) is 12.3. The van der Waals surface area contributed by atoms with Crippen LogP contribution in [-0.4, -0.2) is 15.1 Å². The van der Waals surface area contributed by atoms with Gasteiger partial charge in [0, 0.05) is 0 Å². The first kappa shape index (κ1) is 13.7. The smallest absolute Gasteiger partial charge is 0.152 e. The van der Waals surface area contributed by atoms with Crippen molar-refractivity contribution in [3.8, 4) is 6.07 Å². The zero-order valence-electron chi connectivity index (χ0n) is 11.7. The summed E-state index contributed by atoms with van der Waals surface area (Å²) in [5, 5.41) is 19.5. The largest absolute Gasteiger partial charge is 0.506 e. The molecule has 22 heavy (non-hydrogen) atoms. The highest BCUT2D eigenvalue weighted by Gasteiger charge is 2.11. The minimum atomic E-state index is -0.120. The number of aliphatic hydroxyl groups excluding tert-OH is 1. The lowest BCUT2D eigenvalue weighted by Crippen LogP contribution is -1.89. The topological polar surface area (TPSA) is 72.7 Å².